The number of benzene rings is 2. The Bertz CT molecular complexity index is 587. The fraction of sp³-hybridized carbons (Fsp3) is 0.400. The van der Waals surface area contributed by atoms with Gasteiger partial charge in [0.2, 0.25) is 0 Å². The standard InChI is InChI=1S/C20H27NO.ClH/c1-14(2)10-19(21)18-11-15(3)20(16(4)12-18)22-13-17-8-6-5-7-9-17;/h5-9,11-12,14,19H,10,13,21H2,1-4H3;1H/t19-;/m0./s1. The van der Waals surface area contributed by atoms with Gasteiger partial charge in [0, 0.05) is 6.04 Å². The fourth-order valence-electron chi connectivity index (χ4n) is 2.80. The molecule has 2 aromatic carbocycles. The van der Waals surface area contributed by atoms with Crippen LogP contribution < -0.4 is 10.5 Å². The Morgan fingerprint density at radius 1 is 1.00 bits per heavy atom. The third-order valence-electron chi connectivity index (χ3n) is 3.86. The Morgan fingerprint density at radius 2 is 1.57 bits per heavy atom. The lowest BCUT2D eigenvalue weighted by atomic mass is 9.95. The van der Waals surface area contributed by atoms with Crippen LogP contribution in [-0.2, 0) is 6.61 Å². The van der Waals surface area contributed by atoms with E-state index in [1.54, 1.807) is 0 Å². The number of halogens is 1. The Morgan fingerprint density at radius 3 is 2.09 bits per heavy atom. The Kier molecular flexibility index (Phi) is 7.60. The van der Waals surface area contributed by atoms with Crippen molar-refractivity contribution in [1.82, 2.24) is 0 Å². The second-order valence-electron chi connectivity index (χ2n) is 6.49. The summed E-state index contributed by atoms with van der Waals surface area (Å²) in [4.78, 5) is 0. The maximum absolute atomic E-state index is 6.31. The minimum Gasteiger partial charge on any atom is -0.488 e. The van der Waals surface area contributed by atoms with E-state index < -0.39 is 0 Å². The monoisotopic (exact) mass is 333 g/mol. The molecule has 0 unspecified atom stereocenters. The SMILES string of the molecule is Cc1cc([C@@H](N)CC(C)C)cc(C)c1OCc1ccccc1.Cl. The summed E-state index contributed by atoms with van der Waals surface area (Å²) in [7, 11) is 0. The summed E-state index contributed by atoms with van der Waals surface area (Å²) < 4.78 is 6.03. The van der Waals surface area contributed by atoms with Crippen molar-refractivity contribution in [3.05, 3.63) is 64.7 Å². The van der Waals surface area contributed by atoms with Gasteiger partial charge in [0.25, 0.3) is 0 Å². The molecule has 0 aromatic heterocycles. The molecule has 0 fully saturated rings. The van der Waals surface area contributed by atoms with Crippen molar-refractivity contribution in [3.8, 4) is 5.75 Å². The average molecular weight is 334 g/mol. The summed E-state index contributed by atoms with van der Waals surface area (Å²) in [6.07, 6.45) is 1.00. The van der Waals surface area contributed by atoms with Crippen molar-refractivity contribution >= 4 is 12.4 Å². The largest absolute Gasteiger partial charge is 0.488 e. The second-order valence-corrected chi connectivity index (χ2v) is 6.49. The lowest BCUT2D eigenvalue weighted by Gasteiger charge is -2.19. The molecule has 1 atom stereocenters. The zero-order valence-electron chi connectivity index (χ0n) is 14.5. The fourth-order valence-corrected chi connectivity index (χ4v) is 2.80. The van der Waals surface area contributed by atoms with Gasteiger partial charge < -0.3 is 10.5 Å². The molecule has 3 heteroatoms. The lowest BCUT2D eigenvalue weighted by Crippen LogP contribution is -2.13. The van der Waals surface area contributed by atoms with Gasteiger partial charge in [0.1, 0.15) is 12.4 Å². The van der Waals surface area contributed by atoms with Gasteiger partial charge in [0.05, 0.1) is 0 Å². The van der Waals surface area contributed by atoms with Gasteiger partial charge in [-0.05, 0) is 48.4 Å². The Hall–Kier alpha value is -1.51. The van der Waals surface area contributed by atoms with Gasteiger partial charge in [-0.25, -0.2) is 0 Å². The van der Waals surface area contributed by atoms with Gasteiger partial charge >= 0.3 is 0 Å². The molecule has 2 aromatic rings. The van der Waals surface area contributed by atoms with E-state index in [2.05, 4.69) is 52.0 Å². The first-order valence-corrected chi connectivity index (χ1v) is 8.00. The highest BCUT2D eigenvalue weighted by Gasteiger charge is 2.13. The molecule has 0 spiro atoms. The highest BCUT2D eigenvalue weighted by molar-refractivity contribution is 5.85. The third kappa shape index (κ3) is 5.56. The number of ether oxygens (including phenoxy) is 1. The highest BCUT2D eigenvalue weighted by atomic mass is 35.5. The number of hydrogen-bond donors (Lipinski definition) is 1. The van der Waals surface area contributed by atoms with E-state index in [0.29, 0.717) is 12.5 Å². The molecule has 0 amide bonds. The summed E-state index contributed by atoms with van der Waals surface area (Å²) in [6.45, 7) is 9.20. The molecule has 2 N–H and O–H groups in total. The maximum atomic E-state index is 6.31. The number of aryl methyl sites for hydroxylation is 2. The molecule has 0 heterocycles. The van der Waals surface area contributed by atoms with Gasteiger partial charge in [-0.3, -0.25) is 0 Å². The minimum absolute atomic E-state index is 0. The summed E-state index contributed by atoms with van der Waals surface area (Å²) in [5.41, 5.74) is 11.0. The maximum Gasteiger partial charge on any atom is 0.125 e. The van der Waals surface area contributed by atoms with Crippen LogP contribution in [0.15, 0.2) is 42.5 Å². The summed E-state index contributed by atoms with van der Waals surface area (Å²) in [5.74, 6) is 1.58. The predicted octanol–water partition coefficient (Wildman–Crippen LogP) is 5.35. The van der Waals surface area contributed by atoms with Gasteiger partial charge in [-0.1, -0.05) is 56.3 Å². The molecular weight excluding hydrogens is 306 g/mol. The highest BCUT2D eigenvalue weighted by Crippen LogP contribution is 2.29. The number of nitrogens with two attached hydrogens (primary N) is 1. The molecule has 0 saturated heterocycles. The number of hydrogen-bond acceptors (Lipinski definition) is 2. The van der Waals surface area contributed by atoms with Crippen LogP contribution in [0.3, 0.4) is 0 Å². The van der Waals surface area contributed by atoms with Crippen molar-refractivity contribution in [3.63, 3.8) is 0 Å². The molecule has 23 heavy (non-hydrogen) atoms. The van der Waals surface area contributed by atoms with Crippen LogP contribution in [0.25, 0.3) is 0 Å². The molecule has 0 aliphatic rings. The zero-order valence-corrected chi connectivity index (χ0v) is 15.3. The lowest BCUT2D eigenvalue weighted by molar-refractivity contribution is 0.301. The first kappa shape index (κ1) is 19.5. The molecule has 2 nitrogen and oxygen atoms in total. The van der Waals surface area contributed by atoms with Crippen LogP contribution in [0.5, 0.6) is 5.75 Å². The zero-order chi connectivity index (χ0) is 16.1. The van der Waals surface area contributed by atoms with Crippen molar-refractivity contribution in [2.24, 2.45) is 11.7 Å². The number of rotatable bonds is 6. The molecular formula is C20H28ClNO. The predicted molar refractivity (Wildman–Crippen MR) is 100 cm³/mol. The second kappa shape index (κ2) is 8.95. The van der Waals surface area contributed by atoms with Gasteiger partial charge in [0.15, 0.2) is 0 Å². The van der Waals surface area contributed by atoms with Crippen LogP contribution in [0, 0.1) is 19.8 Å². The van der Waals surface area contributed by atoms with E-state index in [0.717, 1.165) is 23.3 Å². The summed E-state index contributed by atoms with van der Waals surface area (Å²) in [6, 6.07) is 14.7. The summed E-state index contributed by atoms with van der Waals surface area (Å²) >= 11 is 0. The van der Waals surface area contributed by atoms with Crippen LogP contribution >= 0.6 is 12.4 Å². The van der Waals surface area contributed by atoms with E-state index in [-0.39, 0.29) is 18.4 Å². The first-order chi connectivity index (χ1) is 10.5. The quantitative estimate of drug-likeness (QED) is 0.773. The topological polar surface area (TPSA) is 35.2 Å². The van der Waals surface area contributed by atoms with Gasteiger partial charge in [-0.2, -0.15) is 0 Å². The van der Waals surface area contributed by atoms with E-state index in [1.165, 1.54) is 11.1 Å². The van der Waals surface area contributed by atoms with Crippen LogP contribution in [0.2, 0.25) is 0 Å². The molecule has 0 radical (unpaired) electrons. The van der Waals surface area contributed by atoms with Crippen LogP contribution in [0.1, 0.15) is 48.6 Å². The molecule has 126 valence electrons. The molecule has 0 saturated carbocycles. The molecule has 2 rings (SSSR count). The van der Waals surface area contributed by atoms with Crippen molar-refractivity contribution in [2.75, 3.05) is 0 Å². The third-order valence-corrected chi connectivity index (χ3v) is 3.86. The van der Waals surface area contributed by atoms with E-state index >= 15 is 0 Å². The van der Waals surface area contributed by atoms with E-state index in [1.807, 2.05) is 18.2 Å². The Labute approximate surface area is 146 Å². The average Bonchev–Trinajstić information content (AvgIpc) is 2.46. The van der Waals surface area contributed by atoms with Crippen molar-refractivity contribution < 1.29 is 4.74 Å². The smallest absolute Gasteiger partial charge is 0.125 e. The summed E-state index contributed by atoms with van der Waals surface area (Å²) in [5, 5.41) is 0. The van der Waals surface area contributed by atoms with Crippen molar-refractivity contribution in [1.29, 1.82) is 0 Å². The van der Waals surface area contributed by atoms with Crippen LogP contribution in [0.4, 0.5) is 0 Å². The van der Waals surface area contributed by atoms with E-state index in [4.69, 9.17) is 10.5 Å². The first-order valence-electron chi connectivity index (χ1n) is 8.00. The molecule has 0 aliphatic carbocycles. The molecule has 0 bridgehead atoms. The van der Waals surface area contributed by atoms with Crippen molar-refractivity contribution in [2.45, 2.75) is 46.8 Å². The van der Waals surface area contributed by atoms with Crippen LogP contribution in [-0.4, -0.2) is 0 Å². The normalized spacial score (nSPS) is 11.9. The minimum atomic E-state index is 0. The van der Waals surface area contributed by atoms with Gasteiger partial charge in [-0.15, -0.1) is 12.4 Å². The Balaban J connectivity index is 0.00000264. The van der Waals surface area contributed by atoms with E-state index in [9.17, 15) is 0 Å². The molecule has 0 aliphatic heterocycles.